The van der Waals surface area contributed by atoms with Gasteiger partial charge in [0.05, 0.1) is 5.69 Å². The monoisotopic (exact) mass is 755 g/mol. The van der Waals surface area contributed by atoms with E-state index in [9.17, 15) is 0 Å². The molecule has 8 aromatic rings. The van der Waals surface area contributed by atoms with Crippen LogP contribution in [-0.2, 0) is 10.8 Å². The summed E-state index contributed by atoms with van der Waals surface area (Å²) in [6, 6.07) is 52.4. The maximum absolute atomic E-state index is 6.31. The molecule has 2 nitrogen and oxygen atoms in total. The largest absolute Gasteiger partial charge is 0.456 e. The van der Waals surface area contributed by atoms with Gasteiger partial charge in [0.2, 0.25) is 0 Å². The Morgan fingerprint density at radius 2 is 1.14 bits per heavy atom. The van der Waals surface area contributed by atoms with E-state index < -0.39 is 0 Å². The third-order valence-electron chi connectivity index (χ3n) is 13.4. The van der Waals surface area contributed by atoms with Crippen LogP contribution in [0.15, 0.2) is 144 Å². The Hall–Kier alpha value is -5.86. The Labute approximate surface area is 344 Å². The van der Waals surface area contributed by atoms with Crippen molar-refractivity contribution in [1.29, 1.82) is 0 Å². The molecular weight excluding hydrogens is 703 g/mol. The average Bonchev–Trinajstić information content (AvgIpc) is 3.79. The fourth-order valence-electron chi connectivity index (χ4n) is 11.0. The molecule has 58 heavy (non-hydrogen) atoms. The average molecular weight is 756 g/mol. The van der Waals surface area contributed by atoms with Crippen LogP contribution in [0.2, 0.25) is 0 Å². The van der Waals surface area contributed by atoms with Crippen molar-refractivity contribution in [2.75, 3.05) is 4.90 Å². The number of furan rings is 1. The number of benzene rings is 7. The minimum Gasteiger partial charge on any atom is -0.456 e. The second-order valence-corrected chi connectivity index (χ2v) is 18.5. The molecular formula is C56H53NO. The van der Waals surface area contributed by atoms with Crippen molar-refractivity contribution in [2.24, 2.45) is 11.8 Å². The summed E-state index contributed by atoms with van der Waals surface area (Å²) in [7, 11) is 0. The molecule has 0 saturated heterocycles. The van der Waals surface area contributed by atoms with Gasteiger partial charge >= 0.3 is 0 Å². The van der Waals surface area contributed by atoms with E-state index in [1.165, 1.54) is 78.1 Å². The number of hydrogen-bond acceptors (Lipinski definition) is 2. The molecule has 0 unspecified atom stereocenters. The van der Waals surface area contributed by atoms with Crippen molar-refractivity contribution in [2.45, 2.75) is 79.1 Å². The Bertz CT molecular complexity index is 2890. The standard InChI is InChI=1S/C56H53NO/c1-34(2)32-56(33-35(3)4)47-19-14-20-50(54(47)45-29-36(5)37(6)30-49(45)56)57(40-27-28-43-42-15-9-11-18-46(42)55(7,8)48(43)31-40)39-25-23-38(24-26-39)41-17-13-22-52-53(41)44-16-10-12-21-51(44)58-52/h9-31,34-35H,32-33H2,1-8H3. The molecule has 10 rings (SSSR count). The molecule has 0 N–H and O–H groups in total. The minimum atomic E-state index is -0.118. The van der Waals surface area contributed by atoms with E-state index in [1.807, 2.05) is 6.07 Å². The van der Waals surface area contributed by atoms with E-state index in [2.05, 4.69) is 194 Å². The normalized spacial score (nSPS) is 14.6. The highest BCUT2D eigenvalue weighted by Crippen LogP contribution is 2.60. The molecule has 288 valence electrons. The zero-order valence-corrected chi connectivity index (χ0v) is 35.2. The van der Waals surface area contributed by atoms with Crippen molar-refractivity contribution in [3.63, 3.8) is 0 Å². The topological polar surface area (TPSA) is 16.4 Å². The quantitative estimate of drug-likeness (QED) is 0.154. The van der Waals surface area contributed by atoms with Gasteiger partial charge in [-0.3, -0.25) is 0 Å². The van der Waals surface area contributed by atoms with E-state index in [4.69, 9.17) is 4.42 Å². The number of hydrogen-bond donors (Lipinski definition) is 0. The lowest BCUT2D eigenvalue weighted by molar-refractivity contribution is 0.337. The van der Waals surface area contributed by atoms with E-state index in [1.54, 1.807) is 0 Å². The third-order valence-corrected chi connectivity index (χ3v) is 13.4. The zero-order chi connectivity index (χ0) is 40.1. The van der Waals surface area contributed by atoms with Crippen LogP contribution in [-0.4, -0.2) is 0 Å². The molecule has 2 aliphatic carbocycles. The molecule has 0 aliphatic heterocycles. The van der Waals surface area contributed by atoms with Gasteiger partial charge in [-0.05, 0) is 142 Å². The molecule has 1 aromatic heterocycles. The summed E-state index contributed by atoms with van der Waals surface area (Å²) in [6.45, 7) is 18.9. The number of fused-ring (bicyclic) bond motifs is 9. The third kappa shape index (κ3) is 5.44. The van der Waals surface area contributed by atoms with E-state index >= 15 is 0 Å². The molecule has 0 fully saturated rings. The van der Waals surface area contributed by atoms with Crippen LogP contribution in [0.25, 0.3) is 55.3 Å². The lowest BCUT2D eigenvalue weighted by atomic mass is 9.67. The van der Waals surface area contributed by atoms with E-state index in [0.717, 1.165) is 40.5 Å². The molecule has 2 heteroatoms. The minimum absolute atomic E-state index is 0.0649. The number of anilines is 3. The number of rotatable bonds is 8. The lowest BCUT2D eigenvalue weighted by Gasteiger charge is -2.36. The molecule has 0 radical (unpaired) electrons. The van der Waals surface area contributed by atoms with Crippen LogP contribution in [0.5, 0.6) is 0 Å². The van der Waals surface area contributed by atoms with Gasteiger partial charge < -0.3 is 9.32 Å². The second-order valence-electron chi connectivity index (χ2n) is 18.5. The number of aryl methyl sites for hydroxylation is 2. The van der Waals surface area contributed by atoms with Crippen LogP contribution in [0, 0.1) is 25.7 Å². The zero-order valence-electron chi connectivity index (χ0n) is 35.2. The summed E-state index contributed by atoms with van der Waals surface area (Å²) in [4.78, 5) is 2.55. The van der Waals surface area contributed by atoms with Crippen molar-refractivity contribution < 1.29 is 4.42 Å². The van der Waals surface area contributed by atoms with E-state index in [0.29, 0.717) is 11.8 Å². The Morgan fingerprint density at radius 3 is 1.91 bits per heavy atom. The fraction of sp³-hybridized carbons (Fsp3) is 0.250. The van der Waals surface area contributed by atoms with Crippen LogP contribution < -0.4 is 4.90 Å². The summed E-state index contributed by atoms with van der Waals surface area (Å²) in [6.07, 6.45) is 2.23. The van der Waals surface area contributed by atoms with Crippen LogP contribution in [0.1, 0.15) is 87.8 Å². The summed E-state index contributed by atoms with van der Waals surface area (Å²) in [5.41, 5.74) is 21.5. The first-order chi connectivity index (χ1) is 28.0. The molecule has 2 aliphatic rings. The lowest BCUT2D eigenvalue weighted by Crippen LogP contribution is -2.29. The molecule has 7 aromatic carbocycles. The summed E-state index contributed by atoms with van der Waals surface area (Å²) in [5, 5.41) is 2.31. The van der Waals surface area contributed by atoms with Gasteiger partial charge in [0, 0.05) is 38.5 Å². The molecule has 0 atom stereocenters. The van der Waals surface area contributed by atoms with Gasteiger partial charge in [-0.25, -0.2) is 0 Å². The molecule has 0 amide bonds. The predicted octanol–water partition coefficient (Wildman–Crippen LogP) is 16.0. The van der Waals surface area contributed by atoms with Crippen molar-refractivity contribution in [1.82, 2.24) is 0 Å². The first-order valence-corrected chi connectivity index (χ1v) is 21.3. The molecule has 0 spiro atoms. The maximum atomic E-state index is 6.31. The van der Waals surface area contributed by atoms with Crippen LogP contribution in [0.4, 0.5) is 17.1 Å². The highest BCUT2D eigenvalue weighted by Gasteiger charge is 2.46. The first kappa shape index (κ1) is 36.5. The Kier molecular flexibility index (Phi) is 8.40. The van der Waals surface area contributed by atoms with Crippen molar-refractivity contribution in [3.8, 4) is 33.4 Å². The van der Waals surface area contributed by atoms with E-state index in [-0.39, 0.29) is 10.8 Å². The van der Waals surface area contributed by atoms with Gasteiger partial charge in [-0.1, -0.05) is 139 Å². The van der Waals surface area contributed by atoms with Crippen LogP contribution in [0.3, 0.4) is 0 Å². The predicted molar refractivity (Wildman–Crippen MR) is 246 cm³/mol. The Balaban J connectivity index is 1.21. The van der Waals surface area contributed by atoms with Crippen LogP contribution >= 0.6 is 0 Å². The highest BCUT2D eigenvalue weighted by molar-refractivity contribution is 6.12. The summed E-state index contributed by atoms with van der Waals surface area (Å²) in [5.74, 6) is 1.09. The maximum Gasteiger partial charge on any atom is 0.136 e. The molecule has 0 bridgehead atoms. The van der Waals surface area contributed by atoms with Gasteiger partial charge in [-0.15, -0.1) is 0 Å². The van der Waals surface area contributed by atoms with Crippen molar-refractivity contribution >= 4 is 39.0 Å². The van der Waals surface area contributed by atoms with Gasteiger partial charge in [0.15, 0.2) is 0 Å². The smallest absolute Gasteiger partial charge is 0.136 e. The van der Waals surface area contributed by atoms with Gasteiger partial charge in [-0.2, -0.15) is 0 Å². The summed E-state index contributed by atoms with van der Waals surface area (Å²) < 4.78 is 6.31. The fourth-order valence-corrected chi connectivity index (χ4v) is 11.0. The van der Waals surface area contributed by atoms with Gasteiger partial charge in [0.1, 0.15) is 11.2 Å². The number of para-hydroxylation sites is 1. The molecule has 0 saturated carbocycles. The number of nitrogens with zero attached hydrogens (tertiary/aromatic N) is 1. The first-order valence-electron chi connectivity index (χ1n) is 21.3. The Morgan fingerprint density at radius 1 is 0.517 bits per heavy atom. The van der Waals surface area contributed by atoms with Crippen molar-refractivity contribution in [3.05, 3.63) is 173 Å². The SMILES string of the molecule is Cc1cc2c(cc1C)C(CC(C)C)(CC(C)C)c1cccc(N(c3ccc(-c4cccc5oc6ccccc6c45)cc3)c3ccc4c(c3)C(C)(C)c3ccccc3-4)c1-2. The highest BCUT2D eigenvalue weighted by atomic mass is 16.3. The van der Waals surface area contributed by atoms with Gasteiger partial charge in [0.25, 0.3) is 0 Å². The second kappa shape index (κ2) is 13.3. The summed E-state index contributed by atoms with van der Waals surface area (Å²) >= 11 is 0. The molecule has 1 heterocycles.